The molecule has 0 radical (unpaired) electrons. The first-order valence-corrected chi connectivity index (χ1v) is 9.20. The van der Waals surface area contributed by atoms with Crippen LogP contribution in [0.3, 0.4) is 0 Å². The number of halogens is 1. The van der Waals surface area contributed by atoms with Gasteiger partial charge in [-0.1, -0.05) is 35.9 Å². The van der Waals surface area contributed by atoms with Crippen molar-refractivity contribution < 1.29 is 9.59 Å². The van der Waals surface area contributed by atoms with Crippen LogP contribution in [-0.4, -0.2) is 49.4 Å². The highest BCUT2D eigenvalue weighted by atomic mass is 35.5. The van der Waals surface area contributed by atoms with Gasteiger partial charge in [0.25, 0.3) is 0 Å². The molecule has 0 N–H and O–H groups in total. The molecule has 1 saturated heterocycles. The van der Waals surface area contributed by atoms with Gasteiger partial charge >= 0.3 is 11.8 Å². The van der Waals surface area contributed by atoms with E-state index in [1.165, 1.54) is 0 Å². The van der Waals surface area contributed by atoms with E-state index in [1.807, 2.05) is 48.5 Å². The zero-order valence-corrected chi connectivity index (χ0v) is 15.2. The second-order valence-electron chi connectivity index (χ2n) is 6.59. The van der Waals surface area contributed by atoms with Gasteiger partial charge in [0.15, 0.2) is 0 Å². The highest BCUT2D eigenvalue weighted by Gasteiger charge is 2.33. The maximum atomic E-state index is 12.7. The van der Waals surface area contributed by atoms with E-state index in [0.717, 1.165) is 23.4 Å². The summed E-state index contributed by atoms with van der Waals surface area (Å²) < 4.78 is 0. The van der Waals surface area contributed by atoms with Crippen molar-refractivity contribution in [3.05, 3.63) is 59.1 Å². The topological polar surface area (TPSA) is 43.9 Å². The normalized spacial score (nSPS) is 16.6. The number of carbonyl (C=O) groups excluding carboxylic acids is 2. The van der Waals surface area contributed by atoms with E-state index in [1.54, 1.807) is 9.80 Å². The van der Waals surface area contributed by atoms with Crippen molar-refractivity contribution in [1.82, 2.24) is 4.90 Å². The molecule has 2 aromatic carbocycles. The highest BCUT2D eigenvalue weighted by Crippen LogP contribution is 2.28. The van der Waals surface area contributed by atoms with Crippen LogP contribution in [0.4, 0.5) is 11.4 Å². The Morgan fingerprint density at radius 3 is 2.38 bits per heavy atom. The fourth-order valence-electron chi connectivity index (χ4n) is 3.64. The number of carbonyl (C=O) groups is 2. The second kappa shape index (κ2) is 7.00. The van der Waals surface area contributed by atoms with Crippen LogP contribution in [0.2, 0.25) is 5.02 Å². The predicted octanol–water partition coefficient (Wildman–Crippen LogP) is 2.58. The summed E-state index contributed by atoms with van der Waals surface area (Å²) in [4.78, 5) is 30.8. The lowest BCUT2D eigenvalue weighted by Gasteiger charge is -2.36. The molecule has 26 heavy (non-hydrogen) atoms. The number of nitrogens with zero attached hydrogens (tertiary/aromatic N) is 3. The van der Waals surface area contributed by atoms with Gasteiger partial charge in [-0.25, -0.2) is 0 Å². The van der Waals surface area contributed by atoms with Gasteiger partial charge in [0.05, 0.1) is 0 Å². The van der Waals surface area contributed by atoms with E-state index >= 15 is 0 Å². The highest BCUT2D eigenvalue weighted by molar-refractivity contribution is 6.40. The van der Waals surface area contributed by atoms with Crippen LogP contribution in [0, 0.1) is 0 Å². The number of amides is 2. The second-order valence-corrected chi connectivity index (χ2v) is 7.03. The zero-order valence-electron chi connectivity index (χ0n) is 14.4. The Hall–Kier alpha value is -2.53. The Labute approximate surface area is 157 Å². The zero-order chi connectivity index (χ0) is 18.1. The quantitative estimate of drug-likeness (QED) is 0.726. The molecule has 0 saturated carbocycles. The van der Waals surface area contributed by atoms with Crippen molar-refractivity contribution in [3.63, 3.8) is 0 Å². The largest absolute Gasteiger partial charge is 0.368 e. The van der Waals surface area contributed by atoms with Crippen molar-refractivity contribution in [1.29, 1.82) is 0 Å². The first kappa shape index (κ1) is 16.9. The monoisotopic (exact) mass is 369 g/mol. The molecule has 0 aliphatic carbocycles. The molecular weight excluding hydrogens is 350 g/mol. The van der Waals surface area contributed by atoms with Crippen LogP contribution in [0.15, 0.2) is 48.5 Å². The summed E-state index contributed by atoms with van der Waals surface area (Å²) in [5.74, 6) is -0.835. The first-order valence-electron chi connectivity index (χ1n) is 8.83. The number of para-hydroxylation sites is 1. The van der Waals surface area contributed by atoms with E-state index in [9.17, 15) is 9.59 Å². The van der Waals surface area contributed by atoms with E-state index in [4.69, 9.17) is 11.6 Å². The fraction of sp³-hybridized carbons (Fsp3) is 0.300. The van der Waals surface area contributed by atoms with Crippen molar-refractivity contribution in [2.24, 2.45) is 0 Å². The van der Waals surface area contributed by atoms with Crippen LogP contribution in [0.25, 0.3) is 0 Å². The standard InChI is InChI=1S/C20H20ClN3O2/c21-16-5-3-6-17(14-16)22-10-12-23(13-11-22)19(25)20(26)24-9-8-15-4-1-2-7-18(15)24/h1-7,14H,8-13H2. The molecule has 0 spiro atoms. The summed E-state index contributed by atoms with van der Waals surface area (Å²) in [6.45, 7) is 3.03. The van der Waals surface area contributed by atoms with E-state index in [2.05, 4.69) is 4.90 Å². The SMILES string of the molecule is O=C(C(=O)N1CCc2ccccc21)N1CCN(c2cccc(Cl)c2)CC1. The van der Waals surface area contributed by atoms with Gasteiger partial charge in [-0.3, -0.25) is 9.59 Å². The molecule has 0 unspecified atom stereocenters. The molecule has 4 rings (SSSR count). The van der Waals surface area contributed by atoms with Gasteiger partial charge < -0.3 is 14.7 Å². The molecule has 2 aliphatic heterocycles. The summed E-state index contributed by atoms with van der Waals surface area (Å²) in [6, 6.07) is 15.5. The number of hydrogen-bond donors (Lipinski definition) is 0. The van der Waals surface area contributed by atoms with Crippen molar-refractivity contribution >= 4 is 34.8 Å². The predicted molar refractivity (Wildman–Crippen MR) is 103 cm³/mol. The summed E-state index contributed by atoms with van der Waals surface area (Å²) in [5, 5.41) is 0.698. The summed E-state index contributed by atoms with van der Waals surface area (Å²) in [6.07, 6.45) is 0.803. The van der Waals surface area contributed by atoms with Crippen LogP contribution in [0.1, 0.15) is 5.56 Å². The minimum absolute atomic E-state index is 0.410. The molecule has 6 heteroatoms. The number of piperazine rings is 1. The third kappa shape index (κ3) is 3.15. The Morgan fingerprint density at radius 2 is 1.62 bits per heavy atom. The lowest BCUT2D eigenvalue weighted by molar-refractivity contribution is -0.144. The molecule has 0 bridgehead atoms. The maximum Gasteiger partial charge on any atom is 0.316 e. The Bertz CT molecular complexity index is 846. The molecule has 5 nitrogen and oxygen atoms in total. The van der Waals surface area contributed by atoms with Gasteiger partial charge in [0, 0.05) is 49.1 Å². The Morgan fingerprint density at radius 1 is 0.846 bits per heavy atom. The smallest absolute Gasteiger partial charge is 0.316 e. The number of anilines is 2. The van der Waals surface area contributed by atoms with E-state index in [0.29, 0.717) is 37.7 Å². The van der Waals surface area contributed by atoms with Crippen LogP contribution >= 0.6 is 11.6 Å². The van der Waals surface area contributed by atoms with Crippen LogP contribution < -0.4 is 9.80 Å². The summed E-state index contributed by atoms with van der Waals surface area (Å²) in [5.41, 5.74) is 3.03. The molecule has 2 amide bonds. The van der Waals surface area contributed by atoms with E-state index < -0.39 is 11.8 Å². The average molecular weight is 370 g/mol. The number of benzene rings is 2. The lowest BCUT2D eigenvalue weighted by atomic mass is 10.2. The fourth-order valence-corrected chi connectivity index (χ4v) is 3.83. The van der Waals surface area contributed by atoms with Gasteiger partial charge in [-0.15, -0.1) is 0 Å². The number of fused-ring (bicyclic) bond motifs is 1. The Balaban J connectivity index is 1.40. The summed E-state index contributed by atoms with van der Waals surface area (Å²) in [7, 11) is 0. The van der Waals surface area contributed by atoms with Crippen LogP contribution in [0.5, 0.6) is 0 Å². The van der Waals surface area contributed by atoms with E-state index in [-0.39, 0.29) is 0 Å². The van der Waals surface area contributed by atoms with Crippen molar-refractivity contribution in [3.8, 4) is 0 Å². The molecule has 0 aromatic heterocycles. The number of rotatable bonds is 1. The maximum absolute atomic E-state index is 12.7. The third-order valence-corrected chi connectivity index (χ3v) is 5.29. The molecule has 0 atom stereocenters. The number of hydrogen-bond acceptors (Lipinski definition) is 3. The first-order chi connectivity index (χ1) is 12.6. The summed E-state index contributed by atoms with van der Waals surface area (Å²) >= 11 is 6.06. The molecule has 2 heterocycles. The molecule has 1 fully saturated rings. The van der Waals surface area contributed by atoms with Gasteiger partial charge in [0.2, 0.25) is 0 Å². The van der Waals surface area contributed by atoms with Crippen molar-refractivity contribution in [2.45, 2.75) is 6.42 Å². The molecule has 2 aromatic rings. The van der Waals surface area contributed by atoms with Gasteiger partial charge in [-0.2, -0.15) is 0 Å². The Kier molecular flexibility index (Phi) is 4.55. The van der Waals surface area contributed by atoms with Crippen LogP contribution in [-0.2, 0) is 16.0 Å². The molecular formula is C20H20ClN3O2. The molecule has 2 aliphatic rings. The minimum Gasteiger partial charge on any atom is -0.368 e. The lowest BCUT2D eigenvalue weighted by Crippen LogP contribution is -2.53. The third-order valence-electron chi connectivity index (χ3n) is 5.06. The minimum atomic E-state index is -0.425. The van der Waals surface area contributed by atoms with Crippen molar-refractivity contribution in [2.75, 3.05) is 42.5 Å². The van der Waals surface area contributed by atoms with Gasteiger partial charge in [0.1, 0.15) is 0 Å². The average Bonchev–Trinajstić information content (AvgIpc) is 3.11. The van der Waals surface area contributed by atoms with Gasteiger partial charge in [-0.05, 0) is 36.2 Å². The molecule has 134 valence electrons.